The summed E-state index contributed by atoms with van der Waals surface area (Å²) in [6.07, 6.45) is 5.38. The second-order valence-corrected chi connectivity index (χ2v) is 23.4. The number of benzene rings is 7. The van der Waals surface area contributed by atoms with Crippen LogP contribution in [0.2, 0.25) is 0 Å². The summed E-state index contributed by atoms with van der Waals surface area (Å²) in [4.78, 5) is 20.2. The molecule has 5 heterocycles. The molecule has 0 aliphatic carbocycles. The maximum Gasteiger partial charge on any atom is 3.00 e. The average molecular weight is 1210 g/mol. The van der Waals surface area contributed by atoms with Crippen molar-refractivity contribution in [3.63, 3.8) is 0 Å². The van der Waals surface area contributed by atoms with E-state index in [4.69, 9.17) is 19.9 Å². The van der Waals surface area contributed by atoms with Crippen molar-refractivity contribution in [3.8, 4) is 55.8 Å². The van der Waals surface area contributed by atoms with Gasteiger partial charge in [0.1, 0.15) is 5.82 Å². The Morgan fingerprint density at radius 2 is 1.00 bits per heavy atom. The van der Waals surface area contributed by atoms with Crippen LogP contribution in [0, 0.1) is 45.9 Å². The molecule has 5 aromatic heterocycles. The number of fused-ring (bicyclic) bond motifs is 6. The Labute approximate surface area is 479 Å². The van der Waals surface area contributed by atoms with E-state index in [1.807, 2.05) is 6.20 Å². The quantitative estimate of drug-likeness (QED) is 0.121. The van der Waals surface area contributed by atoms with E-state index in [-0.39, 0.29) is 30.9 Å². The minimum absolute atomic E-state index is 0. The van der Waals surface area contributed by atoms with Gasteiger partial charge in [-0.1, -0.05) is 180 Å². The molecule has 392 valence electrons. The summed E-state index contributed by atoms with van der Waals surface area (Å²) in [5, 5.41) is 3.22. The van der Waals surface area contributed by atoms with Crippen LogP contribution in [0.1, 0.15) is 98.1 Å². The molecule has 6 nitrogen and oxygen atoms in total. The topological polar surface area (TPSA) is 60.4 Å². The number of aryl methyl sites for hydroxylation is 8. The van der Waals surface area contributed by atoms with Crippen LogP contribution >= 0.6 is 0 Å². The molecule has 0 atom stereocenters. The number of rotatable bonds is 11. The standard InChI is InChI=1S/C72H65N6.Ir/c1-45-47(3)77-67(71(5,6)7)44-60-39-49(24-34-63(60)68(77)74-45)20-22-51-38-52(23-21-50-25-35-64-66(42-50)76-70(72(8,9)10)78-48(4)46(2)75-69(64)78)41-59(40-51)62-19-15-14-18-61(62)56-30-32-57(33-31-56)65-43-58(36-37-73-65)55-28-26-54(27-29-55)53-16-12-11-13-17-53;/h11-19,24-32,36-44H,20-23H2,1-10H3;/q-3;+3. The molecule has 79 heavy (non-hydrogen) atoms. The Morgan fingerprint density at radius 1 is 0.443 bits per heavy atom. The normalized spacial score (nSPS) is 12.0. The van der Waals surface area contributed by atoms with E-state index in [0.717, 1.165) is 104 Å². The first-order valence-corrected chi connectivity index (χ1v) is 27.4. The first-order valence-electron chi connectivity index (χ1n) is 27.4. The molecule has 0 aliphatic rings. The molecule has 0 spiro atoms. The predicted octanol–water partition coefficient (Wildman–Crippen LogP) is 17.2. The van der Waals surface area contributed by atoms with E-state index in [0.29, 0.717) is 0 Å². The summed E-state index contributed by atoms with van der Waals surface area (Å²) in [6.45, 7) is 22.0. The van der Waals surface area contributed by atoms with E-state index in [9.17, 15) is 0 Å². The Hall–Kier alpha value is -7.83. The molecule has 7 heteroatoms. The van der Waals surface area contributed by atoms with E-state index < -0.39 is 0 Å². The van der Waals surface area contributed by atoms with Gasteiger partial charge in [0.05, 0.1) is 11.3 Å². The third-order valence-corrected chi connectivity index (χ3v) is 15.7. The van der Waals surface area contributed by atoms with Crippen molar-refractivity contribution in [2.24, 2.45) is 0 Å². The van der Waals surface area contributed by atoms with Gasteiger partial charge in [0.25, 0.3) is 0 Å². The first kappa shape index (κ1) is 53.2. The van der Waals surface area contributed by atoms with Gasteiger partial charge in [0.2, 0.25) is 0 Å². The molecule has 0 N–H and O–H groups in total. The fraction of sp³-hybridized carbons (Fsp3) is 0.222. The zero-order valence-corrected chi connectivity index (χ0v) is 49.3. The second kappa shape index (κ2) is 21.1. The fourth-order valence-corrected chi connectivity index (χ4v) is 11.3. The molecule has 0 amide bonds. The zero-order chi connectivity index (χ0) is 54.0. The third kappa shape index (κ3) is 10.4. The van der Waals surface area contributed by atoms with Gasteiger partial charge in [-0.15, -0.1) is 88.1 Å². The summed E-state index contributed by atoms with van der Waals surface area (Å²) in [7, 11) is 0. The van der Waals surface area contributed by atoms with Crippen molar-refractivity contribution in [2.75, 3.05) is 0 Å². The van der Waals surface area contributed by atoms with Gasteiger partial charge in [-0.05, 0) is 102 Å². The maximum absolute atomic E-state index is 5.31. The van der Waals surface area contributed by atoms with Crippen molar-refractivity contribution < 1.29 is 20.1 Å². The van der Waals surface area contributed by atoms with Crippen LogP contribution in [0.4, 0.5) is 0 Å². The summed E-state index contributed by atoms with van der Waals surface area (Å²) in [5.74, 6) is 1.02. The summed E-state index contributed by atoms with van der Waals surface area (Å²) >= 11 is 0. The summed E-state index contributed by atoms with van der Waals surface area (Å²) in [6, 6.07) is 68.3. The van der Waals surface area contributed by atoms with Crippen LogP contribution in [0.25, 0.3) is 88.7 Å². The number of aromatic nitrogens is 6. The monoisotopic (exact) mass is 1210 g/mol. The first-order chi connectivity index (χ1) is 37.5. The van der Waals surface area contributed by atoms with E-state index >= 15 is 0 Å². The number of hydrogen-bond donors (Lipinski definition) is 0. The molecule has 12 rings (SSSR count). The van der Waals surface area contributed by atoms with Crippen molar-refractivity contribution in [1.82, 2.24) is 28.7 Å². The zero-order valence-electron chi connectivity index (χ0n) is 46.9. The number of nitrogens with zero attached hydrogens (tertiary/aromatic N) is 6. The third-order valence-electron chi connectivity index (χ3n) is 15.7. The Balaban J connectivity index is 0.00000660. The fourth-order valence-electron chi connectivity index (χ4n) is 11.3. The number of pyridine rings is 2. The SMILES string of the molecule is Cc1nc2c3[c-]cc(CCc4cc(CCc5c[c-]c6c(c5)nc(C(C)(C)C)n5c(C)c(C)nc65)cc(-c5ccccc5-c5c[c-]c(-c6cc(-c7ccc(-c8ccccc8)cc7)ccn6)cc5)c4)cc3cc(C(C)(C)C)n2c1C.[Ir+3]. The van der Waals surface area contributed by atoms with Crippen molar-refractivity contribution >= 4 is 33.0 Å². The molecule has 0 saturated carbocycles. The molecule has 12 aromatic rings. The van der Waals surface area contributed by atoms with Gasteiger partial charge in [-0.2, -0.15) is 0 Å². The van der Waals surface area contributed by atoms with Gasteiger partial charge < -0.3 is 13.8 Å². The average Bonchev–Trinajstić information content (AvgIpc) is 4.17. The van der Waals surface area contributed by atoms with Crippen LogP contribution < -0.4 is 0 Å². The molecule has 0 radical (unpaired) electrons. The van der Waals surface area contributed by atoms with Gasteiger partial charge in [-0.3, -0.25) is 15.0 Å². The van der Waals surface area contributed by atoms with Crippen LogP contribution in [0.5, 0.6) is 0 Å². The van der Waals surface area contributed by atoms with Crippen LogP contribution in [0.3, 0.4) is 0 Å². The van der Waals surface area contributed by atoms with Crippen molar-refractivity contribution in [3.05, 3.63) is 239 Å². The van der Waals surface area contributed by atoms with E-state index in [1.54, 1.807) is 0 Å². The van der Waals surface area contributed by atoms with Gasteiger partial charge in [0, 0.05) is 45.5 Å². The Kier molecular flexibility index (Phi) is 14.2. The smallest absolute Gasteiger partial charge is 0.341 e. The molecular formula is C72H65IrN6. The van der Waals surface area contributed by atoms with Gasteiger partial charge >= 0.3 is 20.1 Å². The molecule has 0 fully saturated rings. The number of imidazole rings is 2. The summed E-state index contributed by atoms with van der Waals surface area (Å²) in [5.41, 5.74) is 24.6. The summed E-state index contributed by atoms with van der Waals surface area (Å²) < 4.78 is 4.57. The Morgan fingerprint density at radius 3 is 1.63 bits per heavy atom. The molecule has 0 saturated heterocycles. The predicted molar refractivity (Wildman–Crippen MR) is 322 cm³/mol. The molecule has 7 aromatic carbocycles. The molecule has 0 aliphatic heterocycles. The minimum Gasteiger partial charge on any atom is -0.341 e. The molecule has 0 unspecified atom stereocenters. The van der Waals surface area contributed by atoms with Crippen LogP contribution in [-0.4, -0.2) is 28.7 Å². The van der Waals surface area contributed by atoms with Gasteiger partial charge in [0.15, 0.2) is 0 Å². The van der Waals surface area contributed by atoms with Crippen LogP contribution in [-0.2, 0) is 56.6 Å². The number of hydrogen-bond acceptors (Lipinski definition) is 4. The Bertz CT molecular complexity index is 4080. The molecule has 0 bridgehead atoms. The maximum atomic E-state index is 5.31. The van der Waals surface area contributed by atoms with E-state index in [1.165, 1.54) is 66.8 Å². The minimum atomic E-state index is -0.168. The van der Waals surface area contributed by atoms with Crippen LogP contribution in [0.15, 0.2) is 164 Å². The van der Waals surface area contributed by atoms with Gasteiger partial charge in [-0.25, -0.2) is 0 Å². The van der Waals surface area contributed by atoms with E-state index in [2.05, 4.69) is 254 Å². The van der Waals surface area contributed by atoms with Crippen molar-refractivity contribution in [2.45, 2.75) is 106 Å². The van der Waals surface area contributed by atoms with Crippen molar-refractivity contribution in [1.29, 1.82) is 0 Å². The second-order valence-electron chi connectivity index (χ2n) is 23.4. The largest absolute Gasteiger partial charge is 3.00 e. The molecular weight excluding hydrogens is 1140 g/mol.